The van der Waals surface area contributed by atoms with Crippen LogP contribution in [0.3, 0.4) is 0 Å². The van der Waals surface area contributed by atoms with Gasteiger partial charge in [-0.3, -0.25) is 9.48 Å². The Morgan fingerprint density at radius 2 is 2.07 bits per heavy atom. The lowest BCUT2D eigenvalue weighted by atomic mass is 10.1. The summed E-state index contributed by atoms with van der Waals surface area (Å²) in [7, 11) is 3.29. The van der Waals surface area contributed by atoms with E-state index in [1.54, 1.807) is 36.3 Å². The lowest BCUT2D eigenvalue weighted by Crippen LogP contribution is -2.24. The molecule has 0 atom stereocenters. The third-order valence-electron chi connectivity index (χ3n) is 4.87. The molecular formula is C20H24N8O2. The highest BCUT2D eigenvalue weighted by Gasteiger charge is 2.21. The Kier molecular flexibility index (Phi) is 4.50. The van der Waals surface area contributed by atoms with Crippen LogP contribution in [0.5, 0.6) is 5.75 Å². The molecule has 3 aromatic rings. The van der Waals surface area contributed by atoms with Gasteiger partial charge in [-0.2, -0.15) is 5.10 Å². The van der Waals surface area contributed by atoms with Gasteiger partial charge in [0.05, 0.1) is 24.0 Å². The highest BCUT2D eigenvalue weighted by atomic mass is 16.5. The second-order valence-electron chi connectivity index (χ2n) is 6.87. The summed E-state index contributed by atoms with van der Waals surface area (Å²) in [5, 5.41) is 17.7. The number of nitrogens with one attached hydrogen (secondary N) is 2. The van der Waals surface area contributed by atoms with E-state index in [0.717, 1.165) is 25.9 Å². The van der Waals surface area contributed by atoms with E-state index in [2.05, 4.69) is 30.5 Å². The third-order valence-corrected chi connectivity index (χ3v) is 4.87. The van der Waals surface area contributed by atoms with Crippen LogP contribution < -0.4 is 20.3 Å². The highest BCUT2D eigenvalue weighted by molar-refractivity contribution is 5.98. The SMILES string of the molecule is [2H]C([2H])([2H])NC(=O)c1nnc(N2CCCC2)cc1Nc1cccc(-c2ncn(C)n2)c1OC. The zero-order valence-corrected chi connectivity index (χ0v) is 16.7. The topological polar surface area (TPSA) is 110 Å². The van der Waals surface area contributed by atoms with E-state index >= 15 is 0 Å². The Bertz CT molecular complexity index is 1160. The molecule has 30 heavy (non-hydrogen) atoms. The zero-order valence-electron chi connectivity index (χ0n) is 19.7. The molecule has 0 bridgehead atoms. The maximum Gasteiger partial charge on any atom is 0.273 e. The Morgan fingerprint density at radius 3 is 2.77 bits per heavy atom. The average Bonchev–Trinajstić information content (AvgIpc) is 3.44. The zero-order chi connectivity index (χ0) is 23.6. The van der Waals surface area contributed by atoms with Crippen molar-refractivity contribution in [3.8, 4) is 17.1 Å². The molecule has 1 aliphatic rings. The lowest BCUT2D eigenvalue weighted by Gasteiger charge is -2.19. The van der Waals surface area contributed by atoms with Crippen molar-refractivity contribution < 1.29 is 13.6 Å². The number of benzene rings is 1. The van der Waals surface area contributed by atoms with Gasteiger partial charge in [0.2, 0.25) is 0 Å². The van der Waals surface area contributed by atoms with Crippen LogP contribution in [-0.4, -0.2) is 58.0 Å². The molecule has 1 saturated heterocycles. The quantitative estimate of drug-likeness (QED) is 0.634. The predicted octanol–water partition coefficient (Wildman–Crippen LogP) is 1.98. The van der Waals surface area contributed by atoms with Gasteiger partial charge in [0.15, 0.2) is 23.1 Å². The number of carbonyl (C=O) groups excluding carboxylic acids is 1. The maximum atomic E-state index is 12.7. The molecule has 2 N–H and O–H groups in total. The van der Waals surface area contributed by atoms with Crippen molar-refractivity contribution in [1.82, 2.24) is 30.3 Å². The molecule has 3 heterocycles. The number of anilines is 3. The van der Waals surface area contributed by atoms with Crippen molar-refractivity contribution >= 4 is 23.1 Å². The summed E-state index contributed by atoms with van der Waals surface area (Å²) in [6, 6.07) is 7.08. The van der Waals surface area contributed by atoms with Crippen LogP contribution in [0.25, 0.3) is 11.4 Å². The minimum absolute atomic E-state index is 0.141. The Hall–Kier alpha value is -3.69. The molecule has 1 fully saturated rings. The summed E-state index contributed by atoms with van der Waals surface area (Å²) >= 11 is 0. The van der Waals surface area contributed by atoms with Crippen molar-refractivity contribution in [2.75, 3.05) is 37.4 Å². The van der Waals surface area contributed by atoms with Crippen molar-refractivity contribution in [1.29, 1.82) is 0 Å². The largest absolute Gasteiger partial charge is 0.494 e. The maximum absolute atomic E-state index is 12.7. The minimum atomic E-state index is -2.66. The van der Waals surface area contributed by atoms with E-state index in [1.165, 1.54) is 7.11 Å². The van der Waals surface area contributed by atoms with Gasteiger partial charge in [0.25, 0.3) is 5.91 Å². The fourth-order valence-electron chi connectivity index (χ4n) is 3.44. The summed E-state index contributed by atoms with van der Waals surface area (Å²) in [6.45, 7) is -0.996. The molecular weight excluding hydrogens is 384 g/mol. The molecule has 4 rings (SSSR count). The van der Waals surface area contributed by atoms with Crippen LogP contribution in [0.15, 0.2) is 30.6 Å². The first kappa shape index (κ1) is 16.1. The van der Waals surface area contributed by atoms with Crippen molar-refractivity contribution in [3.63, 3.8) is 0 Å². The fraction of sp³-hybridized carbons (Fsp3) is 0.350. The number of methoxy groups -OCH3 is 1. The average molecular weight is 411 g/mol. The van der Waals surface area contributed by atoms with Gasteiger partial charge in [-0.05, 0) is 25.0 Å². The summed E-state index contributed by atoms with van der Waals surface area (Å²) in [5.74, 6) is 0.677. The van der Waals surface area contributed by atoms with Crippen LogP contribution >= 0.6 is 0 Å². The smallest absolute Gasteiger partial charge is 0.273 e. The van der Waals surface area contributed by atoms with Crippen LogP contribution in [0.1, 0.15) is 27.4 Å². The van der Waals surface area contributed by atoms with E-state index in [-0.39, 0.29) is 5.69 Å². The fourth-order valence-corrected chi connectivity index (χ4v) is 3.44. The molecule has 0 unspecified atom stereocenters. The summed E-state index contributed by atoms with van der Waals surface area (Å²) in [5.41, 5.74) is 1.35. The monoisotopic (exact) mass is 411 g/mol. The van der Waals surface area contributed by atoms with Gasteiger partial charge in [0.1, 0.15) is 6.33 Å². The molecule has 0 spiro atoms. The molecule has 0 saturated carbocycles. The molecule has 10 nitrogen and oxygen atoms in total. The first-order valence-electron chi connectivity index (χ1n) is 11.0. The van der Waals surface area contributed by atoms with Crippen molar-refractivity contribution in [2.45, 2.75) is 12.8 Å². The predicted molar refractivity (Wildman–Crippen MR) is 113 cm³/mol. The number of para-hydroxylation sites is 1. The molecule has 1 aliphatic heterocycles. The number of nitrogens with zero attached hydrogens (tertiary/aromatic N) is 6. The molecule has 0 radical (unpaired) electrons. The summed E-state index contributed by atoms with van der Waals surface area (Å²) in [6.07, 6.45) is 3.67. The van der Waals surface area contributed by atoms with Gasteiger partial charge >= 0.3 is 0 Å². The summed E-state index contributed by atoms with van der Waals surface area (Å²) < 4.78 is 29.3. The van der Waals surface area contributed by atoms with Crippen LogP contribution in [0.2, 0.25) is 0 Å². The summed E-state index contributed by atoms with van der Waals surface area (Å²) in [4.78, 5) is 19.0. The van der Waals surface area contributed by atoms with E-state index in [9.17, 15) is 4.79 Å². The molecule has 2 aromatic heterocycles. The first-order valence-corrected chi connectivity index (χ1v) is 9.50. The van der Waals surface area contributed by atoms with E-state index < -0.39 is 12.9 Å². The highest BCUT2D eigenvalue weighted by Crippen LogP contribution is 2.37. The van der Waals surface area contributed by atoms with Crippen LogP contribution in [0, 0.1) is 0 Å². The van der Waals surface area contributed by atoms with Crippen LogP contribution in [-0.2, 0) is 7.05 Å². The van der Waals surface area contributed by atoms with E-state index in [4.69, 9.17) is 8.85 Å². The second-order valence-corrected chi connectivity index (χ2v) is 6.87. The number of hydrogen-bond donors (Lipinski definition) is 2. The molecule has 10 heteroatoms. The van der Waals surface area contributed by atoms with Gasteiger partial charge in [0, 0.05) is 37.3 Å². The number of rotatable bonds is 6. The number of ether oxygens (including phenoxy) is 1. The van der Waals surface area contributed by atoms with Crippen LogP contribution in [0.4, 0.5) is 17.2 Å². The number of aromatic nitrogens is 5. The number of hydrogen-bond acceptors (Lipinski definition) is 8. The lowest BCUT2D eigenvalue weighted by molar-refractivity contribution is 0.0958. The Labute approximate surface area is 178 Å². The number of carbonyl (C=O) groups is 1. The van der Waals surface area contributed by atoms with Gasteiger partial charge in [-0.1, -0.05) is 6.07 Å². The van der Waals surface area contributed by atoms with Gasteiger partial charge in [-0.25, -0.2) is 4.98 Å². The minimum Gasteiger partial charge on any atom is -0.494 e. The standard InChI is InChI=1S/C20H24N8O2/c1-21-20(29)17-15(11-16(24-25-17)28-9-4-5-10-28)23-14-8-6-7-13(18(14)30-3)19-22-12-27(2)26-19/h6-8,11-12H,4-5,9-10H2,1-3H3,(H,21,29)(H,23,24)/i1D3. The molecule has 1 aromatic carbocycles. The molecule has 156 valence electrons. The Balaban J connectivity index is 1.75. The molecule has 0 aliphatic carbocycles. The third kappa shape index (κ3) is 3.76. The normalized spacial score (nSPS) is 15.3. The van der Waals surface area contributed by atoms with Gasteiger partial charge in [-0.15, -0.1) is 10.2 Å². The van der Waals surface area contributed by atoms with Crippen molar-refractivity contribution in [2.24, 2.45) is 7.05 Å². The van der Waals surface area contributed by atoms with Gasteiger partial charge < -0.3 is 20.3 Å². The number of aryl methyl sites for hydroxylation is 1. The van der Waals surface area contributed by atoms with E-state index in [0.29, 0.717) is 34.3 Å². The van der Waals surface area contributed by atoms with E-state index in [1.807, 2.05) is 11.4 Å². The second kappa shape index (κ2) is 8.36. The first-order chi connectivity index (χ1) is 15.7. The molecule has 1 amide bonds. The number of amides is 1. The van der Waals surface area contributed by atoms with Crippen molar-refractivity contribution in [3.05, 3.63) is 36.3 Å². The Morgan fingerprint density at radius 1 is 1.23 bits per heavy atom.